The van der Waals surface area contributed by atoms with E-state index in [-0.39, 0.29) is 5.60 Å². The summed E-state index contributed by atoms with van der Waals surface area (Å²) in [6.45, 7) is 3.14. The molecule has 1 saturated heterocycles. The van der Waals surface area contributed by atoms with E-state index in [1.165, 1.54) is 37.9 Å². The lowest BCUT2D eigenvalue weighted by atomic mass is 9.71. The molecule has 0 bridgehead atoms. The first-order chi connectivity index (χ1) is 7.26. The fraction of sp³-hybridized carbons (Fsp3) is 1.00. The van der Waals surface area contributed by atoms with Gasteiger partial charge in [0, 0.05) is 18.4 Å². The average Bonchev–Trinajstić information content (AvgIpc) is 2.24. The summed E-state index contributed by atoms with van der Waals surface area (Å²) in [5.41, 5.74) is 6.52. The van der Waals surface area contributed by atoms with E-state index in [9.17, 15) is 0 Å². The van der Waals surface area contributed by atoms with Crippen LogP contribution >= 0.6 is 11.8 Å². The van der Waals surface area contributed by atoms with Crippen molar-refractivity contribution in [3.05, 3.63) is 0 Å². The second-order valence-corrected chi connectivity index (χ2v) is 6.28. The molecule has 1 saturated carbocycles. The Hall–Kier alpha value is 0.270. The third kappa shape index (κ3) is 2.69. The fourth-order valence-corrected chi connectivity index (χ4v) is 3.52. The summed E-state index contributed by atoms with van der Waals surface area (Å²) in [6.07, 6.45) is 6.30. The molecule has 1 aliphatic carbocycles. The van der Waals surface area contributed by atoms with Crippen LogP contribution in [-0.2, 0) is 4.74 Å². The zero-order chi connectivity index (χ0) is 10.7. The maximum absolute atomic E-state index is 6.26. The molecule has 3 heteroatoms. The van der Waals surface area contributed by atoms with Gasteiger partial charge >= 0.3 is 0 Å². The highest BCUT2D eigenvalue weighted by atomic mass is 32.2. The molecule has 1 aliphatic heterocycles. The molecule has 0 amide bonds. The SMILES string of the molecule is CCSCC(N)C1CCOC2(CCC2)C1. The quantitative estimate of drug-likeness (QED) is 0.804. The topological polar surface area (TPSA) is 35.2 Å². The minimum Gasteiger partial charge on any atom is -0.375 e. The van der Waals surface area contributed by atoms with Gasteiger partial charge in [0.15, 0.2) is 0 Å². The van der Waals surface area contributed by atoms with Crippen LogP contribution in [0.2, 0.25) is 0 Å². The van der Waals surface area contributed by atoms with E-state index in [0.29, 0.717) is 12.0 Å². The summed E-state index contributed by atoms with van der Waals surface area (Å²) in [6, 6.07) is 0.385. The molecule has 2 rings (SSSR count). The summed E-state index contributed by atoms with van der Waals surface area (Å²) >= 11 is 1.97. The van der Waals surface area contributed by atoms with Gasteiger partial charge in [-0.3, -0.25) is 0 Å². The summed E-state index contributed by atoms with van der Waals surface area (Å²) in [5.74, 6) is 3.01. The predicted molar refractivity (Wildman–Crippen MR) is 66.2 cm³/mol. The molecule has 2 fully saturated rings. The Balaban J connectivity index is 1.81. The van der Waals surface area contributed by atoms with E-state index in [2.05, 4.69) is 6.92 Å². The summed E-state index contributed by atoms with van der Waals surface area (Å²) in [4.78, 5) is 0. The Kier molecular flexibility index (Phi) is 3.97. The molecule has 2 atom stereocenters. The highest BCUT2D eigenvalue weighted by Gasteiger charge is 2.43. The van der Waals surface area contributed by atoms with Gasteiger partial charge in [-0.25, -0.2) is 0 Å². The van der Waals surface area contributed by atoms with Gasteiger partial charge in [0.25, 0.3) is 0 Å². The zero-order valence-electron chi connectivity index (χ0n) is 9.71. The maximum Gasteiger partial charge on any atom is 0.0685 e. The molecule has 1 spiro atoms. The summed E-state index contributed by atoms with van der Waals surface area (Å²) in [5, 5.41) is 0. The Morgan fingerprint density at radius 3 is 2.93 bits per heavy atom. The first-order valence-electron chi connectivity index (χ1n) is 6.23. The zero-order valence-corrected chi connectivity index (χ0v) is 10.5. The second-order valence-electron chi connectivity index (χ2n) is 4.96. The van der Waals surface area contributed by atoms with Gasteiger partial charge in [0.1, 0.15) is 0 Å². The molecule has 2 unspecified atom stereocenters. The molecule has 2 aliphatic rings. The van der Waals surface area contributed by atoms with E-state index >= 15 is 0 Å². The van der Waals surface area contributed by atoms with Crippen molar-refractivity contribution in [2.45, 2.75) is 50.7 Å². The predicted octanol–water partition coefficient (Wildman–Crippen LogP) is 2.42. The monoisotopic (exact) mass is 229 g/mol. The van der Waals surface area contributed by atoms with E-state index in [4.69, 9.17) is 10.5 Å². The smallest absolute Gasteiger partial charge is 0.0685 e. The van der Waals surface area contributed by atoms with Crippen LogP contribution in [0.15, 0.2) is 0 Å². The molecule has 15 heavy (non-hydrogen) atoms. The highest BCUT2D eigenvalue weighted by molar-refractivity contribution is 7.99. The van der Waals surface area contributed by atoms with Crippen molar-refractivity contribution < 1.29 is 4.74 Å². The molecule has 88 valence electrons. The van der Waals surface area contributed by atoms with Gasteiger partial charge in [-0.1, -0.05) is 6.92 Å². The lowest BCUT2D eigenvalue weighted by Crippen LogP contribution is -2.49. The Morgan fingerprint density at radius 2 is 2.33 bits per heavy atom. The van der Waals surface area contributed by atoms with Crippen LogP contribution in [0.3, 0.4) is 0 Å². The van der Waals surface area contributed by atoms with E-state index in [1.807, 2.05) is 11.8 Å². The van der Waals surface area contributed by atoms with Gasteiger partial charge in [-0.05, 0) is 43.8 Å². The first kappa shape index (κ1) is 11.7. The molecule has 0 aromatic carbocycles. The second kappa shape index (κ2) is 5.07. The Labute approximate surface area is 97.3 Å². The third-order valence-corrected chi connectivity index (χ3v) is 4.94. The largest absolute Gasteiger partial charge is 0.375 e. The minimum absolute atomic E-state index is 0.261. The first-order valence-corrected chi connectivity index (χ1v) is 7.38. The van der Waals surface area contributed by atoms with Crippen molar-refractivity contribution in [2.75, 3.05) is 18.1 Å². The average molecular weight is 229 g/mol. The maximum atomic E-state index is 6.26. The van der Waals surface area contributed by atoms with Crippen LogP contribution in [0.4, 0.5) is 0 Å². The van der Waals surface area contributed by atoms with Crippen molar-refractivity contribution >= 4 is 11.8 Å². The molecule has 0 aromatic heterocycles. The normalized spacial score (nSPS) is 31.2. The molecule has 2 N–H and O–H groups in total. The van der Waals surface area contributed by atoms with Crippen LogP contribution in [-0.4, -0.2) is 29.8 Å². The third-order valence-electron chi connectivity index (χ3n) is 3.92. The Morgan fingerprint density at radius 1 is 1.53 bits per heavy atom. The minimum atomic E-state index is 0.261. The molecular formula is C12H23NOS. The number of ether oxygens (including phenoxy) is 1. The van der Waals surface area contributed by atoms with E-state index < -0.39 is 0 Å². The summed E-state index contributed by atoms with van der Waals surface area (Å²) < 4.78 is 5.92. The van der Waals surface area contributed by atoms with Gasteiger partial charge in [-0.2, -0.15) is 11.8 Å². The van der Waals surface area contributed by atoms with Crippen molar-refractivity contribution in [1.82, 2.24) is 0 Å². The molecule has 1 heterocycles. The number of nitrogens with two attached hydrogens (primary N) is 1. The van der Waals surface area contributed by atoms with E-state index in [1.54, 1.807) is 0 Å². The van der Waals surface area contributed by atoms with Crippen molar-refractivity contribution in [3.63, 3.8) is 0 Å². The van der Waals surface area contributed by atoms with Gasteiger partial charge in [0.2, 0.25) is 0 Å². The molecule has 0 aromatic rings. The van der Waals surface area contributed by atoms with Crippen LogP contribution in [0.5, 0.6) is 0 Å². The molecule has 0 radical (unpaired) electrons. The lowest BCUT2D eigenvalue weighted by Gasteiger charge is -2.48. The number of thioether (sulfide) groups is 1. The van der Waals surface area contributed by atoms with E-state index in [0.717, 1.165) is 12.4 Å². The standard InChI is InChI=1S/C12H23NOS/c1-2-15-9-11(13)10-4-7-14-12(8-10)5-3-6-12/h10-11H,2-9,13H2,1H3. The van der Waals surface area contributed by atoms with Crippen molar-refractivity contribution in [1.29, 1.82) is 0 Å². The van der Waals surface area contributed by atoms with Crippen molar-refractivity contribution in [2.24, 2.45) is 11.7 Å². The lowest BCUT2D eigenvalue weighted by molar-refractivity contribution is -0.145. The van der Waals surface area contributed by atoms with Crippen LogP contribution in [0, 0.1) is 5.92 Å². The van der Waals surface area contributed by atoms with Crippen LogP contribution in [0.25, 0.3) is 0 Å². The van der Waals surface area contributed by atoms with Crippen molar-refractivity contribution in [3.8, 4) is 0 Å². The van der Waals surface area contributed by atoms with Gasteiger partial charge < -0.3 is 10.5 Å². The van der Waals surface area contributed by atoms with Gasteiger partial charge in [-0.15, -0.1) is 0 Å². The van der Waals surface area contributed by atoms with Gasteiger partial charge in [0.05, 0.1) is 5.60 Å². The Bertz CT molecular complexity index is 206. The number of hydrogen-bond acceptors (Lipinski definition) is 3. The summed E-state index contributed by atoms with van der Waals surface area (Å²) in [7, 11) is 0. The van der Waals surface area contributed by atoms with Crippen LogP contribution in [0.1, 0.15) is 39.0 Å². The molecule has 2 nitrogen and oxygen atoms in total. The number of hydrogen-bond donors (Lipinski definition) is 1. The highest BCUT2D eigenvalue weighted by Crippen LogP contribution is 2.44. The fourth-order valence-electron chi connectivity index (χ4n) is 2.74. The molecular weight excluding hydrogens is 206 g/mol. The van der Waals surface area contributed by atoms with Crippen LogP contribution < -0.4 is 5.73 Å². The number of rotatable bonds is 4.